The van der Waals surface area contributed by atoms with Gasteiger partial charge in [0, 0.05) is 6.54 Å². The number of primary amides is 1. The molecule has 0 bridgehead atoms. The molecule has 0 radical (unpaired) electrons. The summed E-state index contributed by atoms with van der Waals surface area (Å²) in [6.07, 6.45) is 0. The quantitative estimate of drug-likeness (QED) is 0.807. The normalized spacial score (nSPS) is 12.9. The van der Waals surface area contributed by atoms with Gasteiger partial charge >= 0.3 is 0 Å². The van der Waals surface area contributed by atoms with Crippen molar-refractivity contribution in [2.24, 2.45) is 5.73 Å². The van der Waals surface area contributed by atoms with Crippen LogP contribution in [-0.2, 0) is 17.9 Å². The van der Waals surface area contributed by atoms with E-state index in [-0.39, 0.29) is 12.7 Å². The molecule has 0 saturated heterocycles. The molecule has 0 spiro atoms. The fraction of sp³-hybridized carbons (Fsp3) is 0.316. The van der Waals surface area contributed by atoms with Gasteiger partial charge in [0.05, 0.1) is 5.54 Å². The largest absolute Gasteiger partial charge is 0.489 e. The second-order valence-corrected chi connectivity index (χ2v) is 6.46. The fourth-order valence-corrected chi connectivity index (χ4v) is 2.31. The van der Waals surface area contributed by atoms with Crippen molar-refractivity contribution >= 4 is 5.91 Å². The van der Waals surface area contributed by atoms with Crippen LogP contribution in [0.4, 0.5) is 0 Å². The lowest BCUT2D eigenvalue weighted by Gasteiger charge is -2.22. The van der Waals surface area contributed by atoms with Gasteiger partial charge in [-0.1, -0.05) is 18.2 Å². The van der Waals surface area contributed by atoms with E-state index in [0.29, 0.717) is 13.2 Å². The van der Waals surface area contributed by atoms with Crippen LogP contribution in [0.15, 0.2) is 42.5 Å². The Bertz CT molecular complexity index is 757. The summed E-state index contributed by atoms with van der Waals surface area (Å²) in [4.78, 5) is 11.3. The zero-order valence-corrected chi connectivity index (χ0v) is 14.4. The first kappa shape index (κ1) is 17.1. The molecular formula is C19H22N2O4. The molecule has 0 saturated carbocycles. The zero-order valence-electron chi connectivity index (χ0n) is 14.4. The van der Waals surface area contributed by atoms with Crippen molar-refractivity contribution in [1.29, 1.82) is 0 Å². The molecule has 3 rings (SSSR count). The summed E-state index contributed by atoms with van der Waals surface area (Å²) >= 11 is 0. The van der Waals surface area contributed by atoms with Crippen LogP contribution < -0.4 is 25.3 Å². The van der Waals surface area contributed by atoms with E-state index in [9.17, 15) is 4.79 Å². The van der Waals surface area contributed by atoms with Crippen molar-refractivity contribution < 1.29 is 19.0 Å². The van der Waals surface area contributed by atoms with Crippen LogP contribution in [0.5, 0.6) is 17.2 Å². The highest BCUT2D eigenvalue weighted by atomic mass is 16.7. The molecule has 0 aromatic heterocycles. The molecule has 0 atom stereocenters. The predicted octanol–water partition coefficient (Wildman–Crippen LogP) is 2.35. The Morgan fingerprint density at radius 3 is 2.52 bits per heavy atom. The highest BCUT2D eigenvalue weighted by Gasteiger charge is 2.23. The third-order valence-electron chi connectivity index (χ3n) is 4.12. The van der Waals surface area contributed by atoms with Crippen LogP contribution in [0.1, 0.15) is 25.0 Å². The molecule has 0 aliphatic carbocycles. The van der Waals surface area contributed by atoms with Crippen molar-refractivity contribution in [2.75, 3.05) is 6.79 Å². The first-order valence-corrected chi connectivity index (χ1v) is 8.09. The van der Waals surface area contributed by atoms with Crippen LogP contribution in [0, 0.1) is 0 Å². The summed E-state index contributed by atoms with van der Waals surface area (Å²) in [6, 6.07) is 13.5. The molecule has 6 nitrogen and oxygen atoms in total. The number of hydrogen-bond acceptors (Lipinski definition) is 5. The molecule has 2 aromatic rings. The summed E-state index contributed by atoms with van der Waals surface area (Å²) < 4.78 is 16.5. The number of benzene rings is 2. The molecule has 1 heterocycles. The maximum atomic E-state index is 11.3. The smallest absolute Gasteiger partial charge is 0.237 e. The molecule has 132 valence electrons. The molecule has 1 aliphatic rings. The van der Waals surface area contributed by atoms with E-state index in [0.717, 1.165) is 28.4 Å². The van der Waals surface area contributed by atoms with Gasteiger partial charge in [0.25, 0.3) is 0 Å². The molecule has 3 N–H and O–H groups in total. The topological polar surface area (TPSA) is 82.8 Å². The Morgan fingerprint density at radius 2 is 1.80 bits per heavy atom. The van der Waals surface area contributed by atoms with Gasteiger partial charge in [0.1, 0.15) is 12.4 Å². The monoisotopic (exact) mass is 342 g/mol. The number of fused-ring (bicyclic) bond motifs is 1. The van der Waals surface area contributed by atoms with Crippen LogP contribution in [-0.4, -0.2) is 18.2 Å². The van der Waals surface area contributed by atoms with E-state index in [1.54, 1.807) is 13.8 Å². The number of nitrogens with two attached hydrogens (primary N) is 1. The van der Waals surface area contributed by atoms with E-state index < -0.39 is 5.54 Å². The summed E-state index contributed by atoms with van der Waals surface area (Å²) in [5, 5.41) is 3.13. The molecule has 0 fully saturated rings. The minimum Gasteiger partial charge on any atom is -0.489 e. The van der Waals surface area contributed by atoms with Crippen LogP contribution in [0.3, 0.4) is 0 Å². The molecule has 2 aromatic carbocycles. The van der Waals surface area contributed by atoms with Gasteiger partial charge in [0.15, 0.2) is 11.5 Å². The lowest BCUT2D eigenvalue weighted by Crippen LogP contribution is -2.50. The Kier molecular flexibility index (Phi) is 4.81. The van der Waals surface area contributed by atoms with Crippen molar-refractivity contribution in [3.05, 3.63) is 53.6 Å². The van der Waals surface area contributed by atoms with E-state index in [1.807, 2.05) is 42.5 Å². The fourth-order valence-electron chi connectivity index (χ4n) is 2.31. The highest BCUT2D eigenvalue weighted by molar-refractivity contribution is 5.83. The average molecular weight is 342 g/mol. The Hall–Kier alpha value is -2.73. The molecule has 1 aliphatic heterocycles. The van der Waals surface area contributed by atoms with Gasteiger partial charge in [-0.15, -0.1) is 0 Å². The minimum absolute atomic E-state index is 0.266. The van der Waals surface area contributed by atoms with Crippen molar-refractivity contribution in [1.82, 2.24) is 5.32 Å². The van der Waals surface area contributed by atoms with Gasteiger partial charge in [-0.05, 0) is 49.2 Å². The summed E-state index contributed by atoms with van der Waals surface area (Å²) in [5.41, 5.74) is 6.67. The van der Waals surface area contributed by atoms with Crippen molar-refractivity contribution in [2.45, 2.75) is 32.5 Å². The molecular weight excluding hydrogens is 320 g/mol. The number of nitrogens with one attached hydrogen (secondary N) is 1. The van der Waals surface area contributed by atoms with E-state index in [2.05, 4.69) is 5.32 Å². The number of carbonyl (C=O) groups excluding carboxylic acids is 1. The minimum atomic E-state index is -0.742. The van der Waals surface area contributed by atoms with Gasteiger partial charge < -0.3 is 19.9 Å². The average Bonchev–Trinajstić information content (AvgIpc) is 3.06. The third-order valence-corrected chi connectivity index (χ3v) is 4.12. The van der Waals surface area contributed by atoms with Crippen LogP contribution >= 0.6 is 0 Å². The molecule has 6 heteroatoms. The maximum Gasteiger partial charge on any atom is 0.237 e. The number of rotatable bonds is 7. The number of carbonyl (C=O) groups is 1. The van der Waals surface area contributed by atoms with Gasteiger partial charge in [-0.25, -0.2) is 0 Å². The SMILES string of the molecule is CC(C)(NCc1ccc(OCc2ccc3c(c2)OCO3)cc1)C(N)=O. The maximum absolute atomic E-state index is 11.3. The molecule has 0 unspecified atom stereocenters. The number of ether oxygens (including phenoxy) is 3. The van der Waals surface area contributed by atoms with Gasteiger partial charge in [-0.3, -0.25) is 10.1 Å². The third kappa shape index (κ3) is 4.22. The van der Waals surface area contributed by atoms with Crippen LogP contribution in [0.25, 0.3) is 0 Å². The molecule has 25 heavy (non-hydrogen) atoms. The van der Waals surface area contributed by atoms with Gasteiger partial charge in [0.2, 0.25) is 12.7 Å². The first-order valence-electron chi connectivity index (χ1n) is 8.09. The summed E-state index contributed by atoms with van der Waals surface area (Å²) in [5.74, 6) is 1.91. The van der Waals surface area contributed by atoms with Gasteiger partial charge in [-0.2, -0.15) is 0 Å². The Balaban J connectivity index is 1.53. The summed E-state index contributed by atoms with van der Waals surface area (Å²) in [6.45, 7) is 4.79. The van der Waals surface area contributed by atoms with Crippen molar-refractivity contribution in [3.8, 4) is 17.2 Å². The number of hydrogen-bond donors (Lipinski definition) is 2. The lowest BCUT2D eigenvalue weighted by molar-refractivity contribution is -0.123. The van der Waals surface area contributed by atoms with Crippen molar-refractivity contribution in [3.63, 3.8) is 0 Å². The molecule has 1 amide bonds. The first-order chi connectivity index (χ1) is 11.9. The van der Waals surface area contributed by atoms with Crippen LogP contribution in [0.2, 0.25) is 0 Å². The Morgan fingerprint density at radius 1 is 1.12 bits per heavy atom. The Labute approximate surface area is 146 Å². The summed E-state index contributed by atoms with van der Waals surface area (Å²) in [7, 11) is 0. The second kappa shape index (κ2) is 7.03. The second-order valence-electron chi connectivity index (χ2n) is 6.46. The van der Waals surface area contributed by atoms with E-state index >= 15 is 0 Å². The highest BCUT2D eigenvalue weighted by Crippen LogP contribution is 2.32. The predicted molar refractivity (Wildman–Crippen MR) is 93.5 cm³/mol. The van der Waals surface area contributed by atoms with E-state index in [4.69, 9.17) is 19.9 Å². The standard InChI is InChI=1S/C19H22N2O4/c1-19(2,18(20)22)21-10-13-3-6-15(7-4-13)23-11-14-5-8-16-17(9-14)25-12-24-16/h3-9,21H,10-12H2,1-2H3,(H2,20,22). The lowest BCUT2D eigenvalue weighted by atomic mass is 10.0. The van der Waals surface area contributed by atoms with E-state index in [1.165, 1.54) is 0 Å². The zero-order chi connectivity index (χ0) is 17.9. The number of amides is 1.